The Balaban J connectivity index is 2.02. The van der Waals surface area contributed by atoms with E-state index in [4.69, 9.17) is 5.73 Å². The van der Waals surface area contributed by atoms with Gasteiger partial charge in [-0.25, -0.2) is 4.99 Å². The van der Waals surface area contributed by atoms with Gasteiger partial charge in [0.1, 0.15) is 0 Å². The van der Waals surface area contributed by atoms with Crippen LogP contribution in [0.15, 0.2) is 65.7 Å². The Morgan fingerprint density at radius 1 is 1.00 bits per heavy atom. The summed E-state index contributed by atoms with van der Waals surface area (Å²) in [5.74, 6) is 0.543. The van der Waals surface area contributed by atoms with Crippen LogP contribution in [0.2, 0.25) is 0 Å². The highest BCUT2D eigenvalue weighted by molar-refractivity contribution is 5.88. The van der Waals surface area contributed by atoms with Gasteiger partial charge in [-0.1, -0.05) is 60.2 Å². The van der Waals surface area contributed by atoms with Crippen LogP contribution in [-0.4, -0.2) is 17.9 Å². The normalized spacial score (nSPS) is 18.2. The van der Waals surface area contributed by atoms with E-state index in [0.29, 0.717) is 5.96 Å². The lowest BCUT2D eigenvalue weighted by molar-refractivity contribution is 0.429. The van der Waals surface area contributed by atoms with Crippen molar-refractivity contribution in [3.8, 4) is 0 Å². The number of nitrogens with two attached hydrogens (primary N) is 1. The second-order valence-electron chi connectivity index (χ2n) is 5.35. The Morgan fingerprint density at radius 2 is 1.67 bits per heavy atom. The van der Waals surface area contributed by atoms with E-state index in [0.717, 1.165) is 11.3 Å². The van der Waals surface area contributed by atoms with E-state index >= 15 is 0 Å². The summed E-state index contributed by atoms with van der Waals surface area (Å²) in [6.45, 7) is 2.08. The minimum Gasteiger partial charge on any atom is -0.369 e. The standard InChI is InChI=1S/C18H19N3/c1-13-8-10-14(11-9-13)16-12-17(21(2)18(19)20-16)15-6-4-3-5-7-15/h3-12,17H,1-2H3,(H2,19,20)/t17-/m0/s1. The fraction of sp³-hybridized carbons (Fsp3) is 0.167. The van der Waals surface area contributed by atoms with Gasteiger partial charge in [0.25, 0.3) is 0 Å². The molecule has 0 saturated heterocycles. The number of rotatable bonds is 2. The van der Waals surface area contributed by atoms with Crippen LogP contribution in [0.1, 0.15) is 22.7 Å². The molecule has 0 spiro atoms. The molecule has 2 N–H and O–H groups in total. The molecular weight excluding hydrogens is 258 g/mol. The summed E-state index contributed by atoms with van der Waals surface area (Å²) in [5, 5.41) is 0. The molecule has 0 aliphatic carbocycles. The zero-order chi connectivity index (χ0) is 14.8. The van der Waals surface area contributed by atoms with Crippen LogP contribution in [0.5, 0.6) is 0 Å². The molecule has 0 radical (unpaired) electrons. The zero-order valence-electron chi connectivity index (χ0n) is 12.3. The third-order valence-electron chi connectivity index (χ3n) is 3.82. The molecule has 0 amide bonds. The van der Waals surface area contributed by atoms with Gasteiger partial charge >= 0.3 is 0 Å². The van der Waals surface area contributed by atoms with E-state index in [9.17, 15) is 0 Å². The highest BCUT2D eigenvalue weighted by atomic mass is 15.3. The smallest absolute Gasteiger partial charge is 0.197 e. The van der Waals surface area contributed by atoms with Crippen LogP contribution in [-0.2, 0) is 0 Å². The van der Waals surface area contributed by atoms with Gasteiger partial charge in [0.15, 0.2) is 5.96 Å². The Hall–Kier alpha value is -2.55. The van der Waals surface area contributed by atoms with Crippen molar-refractivity contribution in [1.29, 1.82) is 0 Å². The zero-order valence-corrected chi connectivity index (χ0v) is 12.3. The number of likely N-dealkylation sites (N-methyl/N-ethyl adjacent to an activating group) is 1. The number of aryl methyl sites for hydroxylation is 1. The molecule has 1 atom stereocenters. The second kappa shape index (κ2) is 5.44. The quantitative estimate of drug-likeness (QED) is 0.914. The molecule has 0 aromatic heterocycles. The maximum atomic E-state index is 6.10. The summed E-state index contributed by atoms with van der Waals surface area (Å²) in [7, 11) is 1.97. The lowest BCUT2D eigenvalue weighted by atomic mass is 10.0. The number of nitrogens with zero attached hydrogens (tertiary/aromatic N) is 2. The van der Waals surface area contributed by atoms with E-state index < -0.39 is 0 Å². The van der Waals surface area contributed by atoms with Crippen LogP contribution in [0.3, 0.4) is 0 Å². The summed E-state index contributed by atoms with van der Waals surface area (Å²) in [5.41, 5.74) is 10.6. The minimum absolute atomic E-state index is 0.111. The molecule has 3 heteroatoms. The van der Waals surface area contributed by atoms with Crippen LogP contribution < -0.4 is 5.73 Å². The average Bonchev–Trinajstić information content (AvgIpc) is 2.51. The van der Waals surface area contributed by atoms with Gasteiger partial charge in [-0.15, -0.1) is 0 Å². The van der Waals surface area contributed by atoms with Crippen molar-refractivity contribution in [1.82, 2.24) is 4.90 Å². The molecule has 2 aromatic rings. The molecule has 106 valence electrons. The first-order valence-electron chi connectivity index (χ1n) is 7.06. The topological polar surface area (TPSA) is 41.6 Å². The molecule has 1 aliphatic heterocycles. The Kier molecular flexibility index (Phi) is 3.48. The first-order chi connectivity index (χ1) is 10.1. The van der Waals surface area contributed by atoms with E-state index in [2.05, 4.69) is 54.4 Å². The van der Waals surface area contributed by atoms with Gasteiger partial charge in [0.2, 0.25) is 0 Å². The summed E-state index contributed by atoms with van der Waals surface area (Å²) in [6, 6.07) is 18.8. The Morgan fingerprint density at radius 3 is 2.33 bits per heavy atom. The second-order valence-corrected chi connectivity index (χ2v) is 5.35. The molecule has 0 fully saturated rings. The van der Waals surface area contributed by atoms with Gasteiger partial charge in [-0.2, -0.15) is 0 Å². The van der Waals surface area contributed by atoms with Crippen molar-refractivity contribution >= 4 is 11.7 Å². The van der Waals surface area contributed by atoms with Crippen LogP contribution >= 0.6 is 0 Å². The Labute approximate surface area is 125 Å². The molecule has 21 heavy (non-hydrogen) atoms. The summed E-state index contributed by atoms with van der Waals surface area (Å²) >= 11 is 0. The molecule has 3 nitrogen and oxygen atoms in total. The van der Waals surface area contributed by atoms with Crippen molar-refractivity contribution in [2.45, 2.75) is 13.0 Å². The Bertz CT molecular complexity index is 684. The molecule has 1 heterocycles. The number of hydrogen-bond donors (Lipinski definition) is 1. The van der Waals surface area contributed by atoms with Crippen molar-refractivity contribution < 1.29 is 0 Å². The first kappa shape index (κ1) is 13.4. The average molecular weight is 277 g/mol. The van der Waals surface area contributed by atoms with Crippen LogP contribution in [0.4, 0.5) is 0 Å². The fourth-order valence-electron chi connectivity index (χ4n) is 2.50. The SMILES string of the molecule is Cc1ccc(C2=C[C@@H](c3ccccc3)N(C)C(N)=N2)cc1. The van der Waals surface area contributed by atoms with E-state index in [1.165, 1.54) is 11.1 Å². The van der Waals surface area contributed by atoms with E-state index in [1.54, 1.807) is 0 Å². The number of hydrogen-bond acceptors (Lipinski definition) is 3. The fourth-order valence-corrected chi connectivity index (χ4v) is 2.50. The van der Waals surface area contributed by atoms with Gasteiger partial charge < -0.3 is 10.6 Å². The minimum atomic E-state index is 0.111. The van der Waals surface area contributed by atoms with Crippen molar-refractivity contribution in [3.63, 3.8) is 0 Å². The highest BCUT2D eigenvalue weighted by Gasteiger charge is 2.22. The van der Waals surface area contributed by atoms with Crippen molar-refractivity contribution in [2.75, 3.05) is 7.05 Å². The first-order valence-corrected chi connectivity index (χ1v) is 7.06. The maximum absolute atomic E-state index is 6.10. The van der Waals surface area contributed by atoms with E-state index in [1.807, 2.05) is 30.1 Å². The van der Waals surface area contributed by atoms with Crippen molar-refractivity contribution in [3.05, 3.63) is 77.4 Å². The van der Waals surface area contributed by atoms with Gasteiger partial charge in [-0.3, -0.25) is 0 Å². The van der Waals surface area contributed by atoms with Crippen LogP contribution in [0, 0.1) is 6.92 Å². The molecule has 0 unspecified atom stereocenters. The maximum Gasteiger partial charge on any atom is 0.197 e. The summed E-state index contributed by atoms with van der Waals surface area (Å²) in [6.07, 6.45) is 2.16. The number of benzene rings is 2. The third-order valence-corrected chi connectivity index (χ3v) is 3.82. The number of aliphatic imine (C=N–C) groups is 1. The molecule has 0 bridgehead atoms. The molecule has 3 rings (SSSR count). The number of guanidine groups is 1. The van der Waals surface area contributed by atoms with Gasteiger partial charge in [-0.05, 0) is 18.6 Å². The van der Waals surface area contributed by atoms with E-state index in [-0.39, 0.29) is 6.04 Å². The third kappa shape index (κ3) is 2.68. The summed E-state index contributed by atoms with van der Waals surface area (Å²) in [4.78, 5) is 6.51. The lowest BCUT2D eigenvalue weighted by Gasteiger charge is -2.31. The monoisotopic (exact) mass is 277 g/mol. The largest absolute Gasteiger partial charge is 0.369 e. The highest BCUT2D eigenvalue weighted by Crippen LogP contribution is 2.30. The predicted molar refractivity (Wildman–Crippen MR) is 87.7 cm³/mol. The molecule has 1 aliphatic rings. The predicted octanol–water partition coefficient (Wildman–Crippen LogP) is 3.34. The molecule has 0 saturated carbocycles. The van der Waals surface area contributed by atoms with Gasteiger partial charge in [0.05, 0.1) is 11.7 Å². The summed E-state index contributed by atoms with van der Waals surface area (Å²) < 4.78 is 0. The van der Waals surface area contributed by atoms with Crippen LogP contribution in [0.25, 0.3) is 5.70 Å². The lowest BCUT2D eigenvalue weighted by Crippen LogP contribution is -2.38. The van der Waals surface area contributed by atoms with Gasteiger partial charge in [0, 0.05) is 12.6 Å². The molecule has 2 aromatic carbocycles. The molecular formula is C18H19N3. The van der Waals surface area contributed by atoms with Crippen molar-refractivity contribution in [2.24, 2.45) is 10.7 Å².